The van der Waals surface area contributed by atoms with E-state index in [-0.39, 0.29) is 5.54 Å². The second-order valence-electron chi connectivity index (χ2n) is 5.53. The monoisotopic (exact) mass is 239 g/mol. The number of likely N-dealkylation sites (N-methyl/N-ethyl adjacent to an activating group) is 1. The zero-order valence-electron chi connectivity index (χ0n) is 11.2. The molecule has 2 aliphatic rings. The van der Waals surface area contributed by atoms with Crippen LogP contribution in [0, 0.1) is 0 Å². The number of piperidine rings is 2. The summed E-state index contributed by atoms with van der Waals surface area (Å²) in [7, 11) is 3.77. The fourth-order valence-corrected chi connectivity index (χ4v) is 3.24. The van der Waals surface area contributed by atoms with Gasteiger partial charge in [-0.2, -0.15) is 0 Å². The molecule has 0 saturated carbocycles. The molecule has 4 heteroatoms. The first-order valence-electron chi connectivity index (χ1n) is 6.84. The Hall–Kier alpha value is -0.610. The second kappa shape index (κ2) is 5.36. The van der Waals surface area contributed by atoms with Crippen molar-refractivity contribution in [3.63, 3.8) is 0 Å². The van der Waals surface area contributed by atoms with Crippen molar-refractivity contribution in [3.8, 4) is 0 Å². The Morgan fingerprint density at radius 1 is 1.12 bits per heavy atom. The Kier molecular flexibility index (Phi) is 4.05. The molecule has 0 atom stereocenters. The van der Waals surface area contributed by atoms with E-state index in [4.69, 9.17) is 0 Å². The van der Waals surface area contributed by atoms with E-state index in [0.29, 0.717) is 5.91 Å². The predicted octanol–water partition coefficient (Wildman–Crippen LogP) is 0.683. The summed E-state index contributed by atoms with van der Waals surface area (Å²) in [5.41, 5.74) is -0.213. The topological polar surface area (TPSA) is 35.6 Å². The van der Waals surface area contributed by atoms with Gasteiger partial charge in [0.05, 0.1) is 0 Å². The highest BCUT2D eigenvalue weighted by atomic mass is 16.2. The van der Waals surface area contributed by atoms with E-state index in [1.165, 1.54) is 19.3 Å². The Morgan fingerprint density at radius 2 is 1.71 bits per heavy atom. The number of likely N-dealkylation sites (tertiary alicyclic amines) is 1. The number of nitrogens with one attached hydrogen (secondary N) is 1. The first kappa shape index (κ1) is 12.8. The largest absolute Gasteiger partial charge is 0.347 e. The molecule has 0 radical (unpaired) electrons. The van der Waals surface area contributed by atoms with Crippen molar-refractivity contribution >= 4 is 5.91 Å². The smallest absolute Gasteiger partial charge is 0.242 e. The first-order valence-corrected chi connectivity index (χ1v) is 6.84. The van der Waals surface area contributed by atoms with Gasteiger partial charge in [-0.15, -0.1) is 0 Å². The minimum absolute atomic E-state index is 0.213. The fourth-order valence-electron chi connectivity index (χ4n) is 3.24. The molecule has 0 bridgehead atoms. The van der Waals surface area contributed by atoms with Gasteiger partial charge in [-0.1, -0.05) is 6.42 Å². The molecule has 17 heavy (non-hydrogen) atoms. The van der Waals surface area contributed by atoms with Crippen molar-refractivity contribution < 1.29 is 4.79 Å². The zero-order chi connectivity index (χ0) is 12.3. The van der Waals surface area contributed by atoms with Crippen LogP contribution in [0.1, 0.15) is 32.1 Å². The van der Waals surface area contributed by atoms with E-state index < -0.39 is 0 Å². The van der Waals surface area contributed by atoms with Crippen LogP contribution < -0.4 is 5.32 Å². The van der Waals surface area contributed by atoms with E-state index in [1.54, 1.807) is 4.90 Å². The molecule has 2 aliphatic heterocycles. The molecule has 2 heterocycles. The minimum atomic E-state index is -0.213. The number of carbonyl (C=O) groups is 1. The Labute approximate surface area is 104 Å². The molecule has 1 N–H and O–H groups in total. The lowest BCUT2D eigenvalue weighted by Crippen LogP contribution is -2.63. The summed E-state index contributed by atoms with van der Waals surface area (Å²) < 4.78 is 0. The maximum absolute atomic E-state index is 12.6. The summed E-state index contributed by atoms with van der Waals surface area (Å²) in [6.07, 6.45) is 5.74. The van der Waals surface area contributed by atoms with Crippen molar-refractivity contribution in [3.05, 3.63) is 0 Å². The van der Waals surface area contributed by atoms with Crippen LogP contribution >= 0.6 is 0 Å². The fraction of sp³-hybridized carbons (Fsp3) is 0.923. The quantitative estimate of drug-likeness (QED) is 0.770. The van der Waals surface area contributed by atoms with Crippen LogP contribution in [0.25, 0.3) is 0 Å². The van der Waals surface area contributed by atoms with Crippen molar-refractivity contribution in [2.24, 2.45) is 0 Å². The maximum Gasteiger partial charge on any atom is 0.242 e. The van der Waals surface area contributed by atoms with E-state index in [1.807, 2.05) is 14.1 Å². The van der Waals surface area contributed by atoms with Crippen LogP contribution in [0.2, 0.25) is 0 Å². The average molecular weight is 239 g/mol. The van der Waals surface area contributed by atoms with Crippen molar-refractivity contribution in [1.82, 2.24) is 15.1 Å². The van der Waals surface area contributed by atoms with Crippen molar-refractivity contribution in [1.29, 1.82) is 0 Å². The number of rotatable bonds is 2. The molecule has 0 aromatic heterocycles. The molecule has 0 unspecified atom stereocenters. The van der Waals surface area contributed by atoms with Gasteiger partial charge in [0.1, 0.15) is 5.54 Å². The van der Waals surface area contributed by atoms with E-state index in [9.17, 15) is 4.79 Å². The highest BCUT2D eigenvalue weighted by Crippen LogP contribution is 2.30. The lowest BCUT2D eigenvalue weighted by atomic mass is 9.83. The summed E-state index contributed by atoms with van der Waals surface area (Å²) in [6.45, 7) is 4.13. The molecule has 0 aliphatic carbocycles. The molecule has 0 spiro atoms. The summed E-state index contributed by atoms with van der Waals surface area (Å²) in [4.78, 5) is 16.8. The van der Waals surface area contributed by atoms with Gasteiger partial charge in [0.2, 0.25) is 5.91 Å². The molecule has 0 aromatic carbocycles. The zero-order valence-corrected chi connectivity index (χ0v) is 11.2. The van der Waals surface area contributed by atoms with E-state index >= 15 is 0 Å². The third-order valence-electron chi connectivity index (χ3n) is 4.20. The number of hydrogen-bond donors (Lipinski definition) is 1. The van der Waals surface area contributed by atoms with Gasteiger partial charge >= 0.3 is 0 Å². The van der Waals surface area contributed by atoms with Gasteiger partial charge in [-0.05, 0) is 51.9 Å². The van der Waals surface area contributed by atoms with Gasteiger partial charge in [-0.25, -0.2) is 0 Å². The predicted molar refractivity (Wildman–Crippen MR) is 69.0 cm³/mol. The first-order chi connectivity index (χ1) is 8.17. The standard InChI is InChI=1S/C13H25N3O/c1-15(2)12(17)13(6-8-14-9-7-13)16-10-4-3-5-11-16/h14H,3-11H2,1-2H3. The van der Waals surface area contributed by atoms with Crippen molar-refractivity contribution in [2.75, 3.05) is 40.3 Å². The Balaban J connectivity index is 2.18. The van der Waals surface area contributed by atoms with Crippen LogP contribution in [0.3, 0.4) is 0 Å². The number of carbonyl (C=O) groups excluding carboxylic acids is 1. The molecule has 2 rings (SSSR count). The normalized spacial score (nSPS) is 25.5. The van der Waals surface area contributed by atoms with E-state index in [2.05, 4.69) is 10.2 Å². The maximum atomic E-state index is 12.6. The number of nitrogens with zero attached hydrogens (tertiary/aromatic N) is 2. The van der Waals surface area contributed by atoms with Gasteiger partial charge < -0.3 is 10.2 Å². The Morgan fingerprint density at radius 3 is 2.24 bits per heavy atom. The summed E-state index contributed by atoms with van der Waals surface area (Å²) in [5.74, 6) is 0.306. The van der Waals surface area contributed by atoms with Gasteiger partial charge in [0.15, 0.2) is 0 Å². The third-order valence-corrected chi connectivity index (χ3v) is 4.20. The van der Waals surface area contributed by atoms with Crippen LogP contribution in [0.5, 0.6) is 0 Å². The lowest BCUT2D eigenvalue weighted by Gasteiger charge is -2.47. The SMILES string of the molecule is CN(C)C(=O)C1(N2CCCCC2)CCNCC1. The average Bonchev–Trinajstić information content (AvgIpc) is 2.39. The van der Waals surface area contributed by atoms with Gasteiger partial charge in [-0.3, -0.25) is 9.69 Å². The molecular formula is C13H25N3O. The summed E-state index contributed by atoms with van der Waals surface area (Å²) >= 11 is 0. The molecule has 98 valence electrons. The molecule has 2 fully saturated rings. The van der Waals surface area contributed by atoms with Crippen LogP contribution in [0.4, 0.5) is 0 Å². The Bertz CT molecular complexity index is 266. The summed E-state index contributed by atoms with van der Waals surface area (Å²) in [6, 6.07) is 0. The van der Waals surface area contributed by atoms with Crippen molar-refractivity contribution in [2.45, 2.75) is 37.6 Å². The molecule has 1 amide bonds. The highest BCUT2D eigenvalue weighted by Gasteiger charge is 2.45. The number of hydrogen-bond acceptors (Lipinski definition) is 3. The van der Waals surface area contributed by atoms with Gasteiger partial charge in [0, 0.05) is 14.1 Å². The molecule has 0 aromatic rings. The third kappa shape index (κ3) is 2.47. The van der Waals surface area contributed by atoms with Crippen LogP contribution in [0.15, 0.2) is 0 Å². The highest BCUT2D eigenvalue weighted by molar-refractivity contribution is 5.86. The van der Waals surface area contributed by atoms with Crippen LogP contribution in [-0.2, 0) is 4.79 Å². The number of amides is 1. The molecule has 4 nitrogen and oxygen atoms in total. The molecule has 2 saturated heterocycles. The van der Waals surface area contributed by atoms with Gasteiger partial charge in [0.25, 0.3) is 0 Å². The molecular weight excluding hydrogens is 214 g/mol. The second-order valence-corrected chi connectivity index (χ2v) is 5.53. The summed E-state index contributed by atoms with van der Waals surface area (Å²) in [5, 5.41) is 3.37. The lowest BCUT2D eigenvalue weighted by molar-refractivity contribution is -0.145. The van der Waals surface area contributed by atoms with Crippen LogP contribution in [-0.4, -0.2) is 61.5 Å². The minimum Gasteiger partial charge on any atom is -0.347 e. The van der Waals surface area contributed by atoms with E-state index in [0.717, 1.165) is 39.0 Å².